The zero-order chi connectivity index (χ0) is 13.1. The van der Waals surface area contributed by atoms with E-state index in [1.165, 1.54) is 18.3 Å². The van der Waals surface area contributed by atoms with Crippen LogP contribution in [0.2, 0.25) is 0 Å². The van der Waals surface area contributed by atoms with Gasteiger partial charge in [0.15, 0.2) is 0 Å². The van der Waals surface area contributed by atoms with E-state index in [1.807, 2.05) is 12.1 Å². The minimum absolute atomic E-state index is 0.122. The molecule has 0 saturated carbocycles. The quantitative estimate of drug-likeness (QED) is 0.765. The SMILES string of the molecule is N#Cc1c[nH]c(=S)c(C#N)c1-c1ccc(O)cc1. The van der Waals surface area contributed by atoms with E-state index in [4.69, 9.17) is 22.7 Å². The lowest BCUT2D eigenvalue weighted by Crippen LogP contribution is -1.93. The van der Waals surface area contributed by atoms with E-state index in [0.29, 0.717) is 21.3 Å². The Morgan fingerprint density at radius 2 is 1.78 bits per heavy atom. The third-order valence-electron chi connectivity index (χ3n) is 2.48. The van der Waals surface area contributed by atoms with E-state index < -0.39 is 0 Å². The van der Waals surface area contributed by atoms with Crippen LogP contribution in [0.1, 0.15) is 11.1 Å². The number of H-pyrrole nitrogens is 1. The van der Waals surface area contributed by atoms with Crippen molar-refractivity contribution in [2.75, 3.05) is 0 Å². The van der Waals surface area contributed by atoms with E-state index >= 15 is 0 Å². The molecule has 0 unspecified atom stereocenters. The average Bonchev–Trinajstić information content (AvgIpc) is 2.39. The monoisotopic (exact) mass is 253 g/mol. The smallest absolute Gasteiger partial charge is 0.121 e. The summed E-state index contributed by atoms with van der Waals surface area (Å²) in [6.07, 6.45) is 1.48. The van der Waals surface area contributed by atoms with Crippen molar-refractivity contribution in [3.05, 3.63) is 46.2 Å². The molecule has 0 amide bonds. The molecular weight excluding hydrogens is 246 g/mol. The zero-order valence-electron chi connectivity index (χ0n) is 9.14. The minimum atomic E-state index is 0.122. The number of nitrogens with zero attached hydrogens (tertiary/aromatic N) is 2. The second-order valence-electron chi connectivity index (χ2n) is 3.55. The van der Waals surface area contributed by atoms with Gasteiger partial charge in [-0.3, -0.25) is 0 Å². The summed E-state index contributed by atoms with van der Waals surface area (Å²) >= 11 is 5.04. The molecule has 1 aromatic heterocycles. The van der Waals surface area contributed by atoms with Crippen LogP contribution in [0, 0.1) is 27.3 Å². The van der Waals surface area contributed by atoms with Gasteiger partial charge < -0.3 is 10.1 Å². The number of aromatic nitrogens is 1. The van der Waals surface area contributed by atoms with Gasteiger partial charge in [0, 0.05) is 11.8 Å². The molecule has 2 rings (SSSR count). The molecule has 0 spiro atoms. The highest BCUT2D eigenvalue weighted by Gasteiger charge is 2.12. The van der Waals surface area contributed by atoms with Gasteiger partial charge in [-0.2, -0.15) is 10.5 Å². The maximum atomic E-state index is 9.25. The second kappa shape index (κ2) is 4.70. The number of hydrogen-bond donors (Lipinski definition) is 2. The molecule has 0 fully saturated rings. The molecular formula is C13H7N3OS. The Balaban J connectivity index is 2.82. The lowest BCUT2D eigenvalue weighted by atomic mass is 9.98. The molecule has 0 bridgehead atoms. The molecule has 1 heterocycles. The van der Waals surface area contributed by atoms with Gasteiger partial charge in [-0.1, -0.05) is 24.4 Å². The predicted octanol–water partition coefficient (Wildman–Crippen LogP) is 2.86. The third kappa shape index (κ3) is 1.95. The van der Waals surface area contributed by atoms with Crippen molar-refractivity contribution in [2.45, 2.75) is 0 Å². The van der Waals surface area contributed by atoms with E-state index in [1.54, 1.807) is 12.1 Å². The molecule has 0 aliphatic rings. The fourth-order valence-electron chi connectivity index (χ4n) is 1.65. The van der Waals surface area contributed by atoms with Crippen molar-refractivity contribution in [3.63, 3.8) is 0 Å². The normalized spacial score (nSPS) is 9.44. The molecule has 86 valence electrons. The first-order chi connectivity index (χ1) is 8.67. The van der Waals surface area contributed by atoms with Gasteiger partial charge in [0.05, 0.1) is 11.1 Å². The number of phenolic OH excluding ortho intramolecular Hbond substituents is 1. The highest BCUT2D eigenvalue weighted by Crippen LogP contribution is 2.28. The van der Waals surface area contributed by atoms with Crippen molar-refractivity contribution in [1.82, 2.24) is 4.98 Å². The molecule has 4 nitrogen and oxygen atoms in total. The summed E-state index contributed by atoms with van der Waals surface area (Å²) in [5.41, 5.74) is 1.75. The maximum Gasteiger partial charge on any atom is 0.121 e. The number of nitriles is 2. The number of hydrogen-bond acceptors (Lipinski definition) is 4. The first-order valence-electron chi connectivity index (χ1n) is 5.02. The zero-order valence-corrected chi connectivity index (χ0v) is 9.95. The van der Waals surface area contributed by atoms with Crippen LogP contribution in [0.4, 0.5) is 0 Å². The van der Waals surface area contributed by atoms with Crippen LogP contribution in [0.5, 0.6) is 5.75 Å². The van der Waals surface area contributed by atoms with Crippen LogP contribution < -0.4 is 0 Å². The van der Waals surface area contributed by atoms with Crippen LogP contribution in [0.25, 0.3) is 11.1 Å². The van der Waals surface area contributed by atoms with Crippen LogP contribution in [0.3, 0.4) is 0 Å². The minimum Gasteiger partial charge on any atom is -0.508 e. The van der Waals surface area contributed by atoms with Gasteiger partial charge in [0.2, 0.25) is 0 Å². The summed E-state index contributed by atoms with van der Waals surface area (Å²) in [4.78, 5) is 2.71. The number of phenols is 1. The van der Waals surface area contributed by atoms with Crippen molar-refractivity contribution >= 4 is 12.2 Å². The number of benzene rings is 1. The van der Waals surface area contributed by atoms with Gasteiger partial charge >= 0.3 is 0 Å². The van der Waals surface area contributed by atoms with E-state index in [0.717, 1.165) is 0 Å². The molecule has 0 aliphatic heterocycles. The fraction of sp³-hybridized carbons (Fsp3) is 0. The molecule has 2 aromatic rings. The molecule has 0 saturated heterocycles. The molecule has 18 heavy (non-hydrogen) atoms. The first kappa shape index (κ1) is 11.8. The van der Waals surface area contributed by atoms with Crippen molar-refractivity contribution in [3.8, 4) is 29.0 Å². The van der Waals surface area contributed by atoms with Crippen molar-refractivity contribution in [1.29, 1.82) is 10.5 Å². The second-order valence-corrected chi connectivity index (χ2v) is 3.96. The number of pyridine rings is 1. The van der Waals surface area contributed by atoms with E-state index in [2.05, 4.69) is 4.98 Å². The van der Waals surface area contributed by atoms with Crippen LogP contribution in [-0.4, -0.2) is 10.1 Å². The summed E-state index contributed by atoms with van der Waals surface area (Å²) in [6, 6.07) is 10.3. The highest BCUT2D eigenvalue weighted by atomic mass is 32.1. The first-order valence-corrected chi connectivity index (χ1v) is 5.43. The number of nitrogens with one attached hydrogen (secondary N) is 1. The number of rotatable bonds is 1. The van der Waals surface area contributed by atoms with Gasteiger partial charge in [0.1, 0.15) is 22.5 Å². The summed E-state index contributed by atoms with van der Waals surface area (Å²) in [5.74, 6) is 0.122. The van der Waals surface area contributed by atoms with Gasteiger partial charge in [-0.25, -0.2) is 0 Å². The summed E-state index contributed by atoms with van der Waals surface area (Å²) in [5, 5.41) is 27.5. The number of aromatic hydroxyl groups is 1. The molecule has 1 aromatic carbocycles. The van der Waals surface area contributed by atoms with Gasteiger partial charge in [0.25, 0.3) is 0 Å². The van der Waals surface area contributed by atoms with Crippen molar-refractivity contribution in [2.24, 2.45) is 0 Å². The van der Waals surface area contributed by atoms with Gasteiger partial charge in [-0.05, 0) is 17.7 Å². The van der Waals surface area contributed by atoms with Crippen molar-refractivity contribution < 1.29 is 5.11 Å². The summed E-state index contributed by atoms with van der Waals surface area (Å²) in [7, 11) is 0. The fourth-order valence-corrected chi connectivity index (χ4v) is 1.86. The molecule has 5 heteroatoms. The number of aromatic amines is 1. The van der Waals surface area contributed by atoms with E-state index in [-0.39, 0.29) is 11.3 Å². The third-order valence-corrected chi connectivity index (χ3v) is 2.80. The molecule has 0 aliphatic carbocycles. The lowest BCUT2D eigenvalue weighted by molar-refractivity contribution is 0.475. The van der Waals surface area contributed by atoms with Crippen LogP contribution in [0.15, 0.2) is 30.5 Å². The molecule has 0 radical (unpaired) electrons. The molecule has 0 atom stereocenters. The predicted molar refractivity (Wildman–Crippen MR) is 68.2 cm³/mol. The maximum absolute atomic E-state index is 9.25. The average molecular weight is 253 g/mol. The highest BCUT2D eigenvalue weighted by molar-refractivity contribution is 7.71. The Hall–Kier alpha value is -2.63. The van der Waals surface area contributed by atoms with E-state index in [9.17, 15) is 5.11 Å². The Kier molecular flexibility index (Phi) is 3.09. The standard InChI is InChI=1S/C13H7N3OS/c14-5-9-7-16-13(18)11(6-15)12(9)8-1-3-10(17)4-2-8/h1-4,7,17H,(H,16,18). The Morgan fingerprint density at radius 3 is 2.33 bits per heavy atom. The summed E-state index contributed by atoms with van der Waals surface area (Å²) < 4.78 is 0.291. The van der Waals surface area contributed by atoms with Crippen LogP contribution >= 0.6 is 12.2 Å². The largest absolute Gasteiger partial charge is 0.508 e. The Bertz CT molecular complexity index is 733. The summed E-state index contributed by atoms with van der Waals surface area (Å²) in [6.45, 7) is 0. The Morgan fingerprint density at radius 1 is 1.11 bits per heavy atom. The topological polar surface area (TPSA) is 83.6 Å². The van der Waals surface area contributed by atoms with Gasteiger partial charge in [-0.15, -0.1) is 0 Å². The lowest BCUT2D eigenvalue weighted by Gasteiger charge is -2.06. The van der Waals surface area contributed by atoms with Crippen LogP contribution in [-0.2, 0) is 0 Å². The molecule has 2 N–H and O–H groups in total. The Labute approximate surface area is 108 Å².